The van der Waals surface area contributed by atoms with Crippen molar-refractivity contribution < 1.29 is 14.1 Å². The van der Waals surface area contributed by atoms with E-state index in [0.717, 1.165) is 17.5 Å². The van der Waals surface area contributed by atoms with Crippen LogP contribution in [0.2, 0.25) is 5.02 Å². The first-order valence-electron chi connectivity index (χ1n) is 9.23. The van der Waals surface area contributed by atoms with Crippen molar-refractivity contribution in [3.8, 4) is 11.4 Å². The number of thiophene rings is 1. The number of benzene rings is 1. The van der Waals surface area contributed by atoms with E-state index in [0.29, 0.717) is 34.5 Å². The fraction of sp³-hybridized carbons (Fsp3) is 0.300. The van der Waals surface area contributed by atoms with Crippen molar-refractivity contribution in [1.29, 1.82) is 0 Å². The Bertz CT molecular complexity index is 998. The first-order valence-corrected chi connectivity index (χ1v) is 10.4. The smallest absolute Gasteiger partial charge is 0.279 e. The predicted molar refractivity (Wildman–Crippen MR) is 112 cm³/mol. The largest absolute Gasteiger partial charge is 0.339 e. The standard InChI is InChI=1S/C20H21ClN4O3S/c1-3-15-12(2)11-16(29-15)20(27)24-23-17(26)5-4-6-18-22-19(25-28-18)13-7-9-14(21)10-8-13/h7-11H,3-6H2,1-2H3,(H,23,26)(H,24,27). The molecule has 0 unspecified atom stereocenters. The molecule has 1 aromatic carbocycles. The maximum atomic E-state index is 12.1. The number of amides is 2. The van der Waals surface area contributed by atoms with E-state index in [1.807, 2.05) is 32.0 Å². The van der Waals surface area contributed by atoms with Gasteiger partial charge in [-0.15, -0.1) is 11.3 Å². The number of nitrogens with zero attached hydrogens (tertiary/aromatic N) is 2. The van der Waals surface area contributed by atoms with Crippen LogP contribution in [0.4, 0.5) is 0 Å². The molecule has 0 atom stereocenters. The average Bonchev–Trinajstić information content (AvgIpc) is 3.33. The molecule has 3 aromatic rings. The van der Waals surface area contributed by atoms with Crippen LogP contribution < -0.4 is 10.9 Å². The number of rotatable bonds is 7. The highest BCUT2D eigenvalue weighted by atomic mass is 35.5. The van der Waals surface area contributed by atoms with E-state index in [1.165, 1.54) is 16.2 Å². The minimum atomic E-state index is -0.310. The molecule has 2 aromatic heterocycles. The minimum Gasteiger partial charge on any atom is -0.339 e. The first kappa shape index (κ1) is 21.0. The van der Waals surface area contributed by atoms with Gasteiger partial charge in [-0.2, -0.15) is 4.98 Å². The number of carbonyl (C=O) groups excluding carboxylic acids is 2. The van der Waals surface area contributed by atoms with Crippen molar-refractivity contribution in [3.63, 3.8) is 0 Å². The van der Waals surface area contributed by atoms with E-state index >= 15 is 0 Å². The molecule has 0 saturated carbocycles. The van der Waals surface area contributed by atoms with E-state index in [2.05, 4.69) is 21.0 Å². The van der Waals surface area contributed by atoms with Gasteiger partial charge in [0.1, 0.15) is 0 Å². The molecule has 0 aliphatic carbocycles. The minimum absolute atomic E-state index is 0.225. The third-order valence-electron chi connectivity index (χ3n) is 4.25. The summed E-state index contributed by atoms with van der Waals surface area (Å²) in [5, 5.41) is 4.57. The summed E-state index contributed by atoms with van der Waals surface area (Å²) >= 11 is 7.31. The number of halogens is 1. The normalized spacial score (nSPS) is 10.7. The van der Waals surface area contributed by atoms with E-state index in [4.69, 9.17) is 16.1 Å². The van der Waals surface area contributed by atoms with Crippen LogP contribution in [0.1, 0.15) is 45.8 Å². The lowest BCUT2D eigenvalue weighted by atomic mass is 10.2. The Labute approximate surface area is 177 Å². The van der Waals surface area contributed by atoms with Gasteiger partial charge in [-0.25, -0.2) is 0 Å². The zero-order valence-electron chi connectivity index (χ0n) is 16.1. The van der Waals surface area contributed by atoms with E-state index < -0.39 is 0 Å². The summed E-state index contributed by atoms with van der Waals surface area (Å²) in [6.07, 6.45) is 2.09. The fourth-order valence-corrected chi connectivity index (χ4v) is 3.84. The lowest BCUT2D eigenvalue weighted by molar-refractivity contribution is -0.121. The summed E-state index contributed by atoms with van der Waals surface area (Å²) in [7, 11) is 0. The third-order valence-corrected chi connectivity index (χ3v) is 5.88. The van der Waals surface area contributed by atoms with Crippen molar-refractivity contribution >= 4 is 34.8 Å². The third kappa shape index (κ3) is 5.65. The Morgan fingerprint density at radius 3 is 2.66 bits per heavy atom. The number of aryl methyl sites for hydroxylation is 3. The number of hydrogen-bond acceptors (Lipinski definition) is 6. The molecule has 0 spiro atoms. The summed E-state index contributed by atoms with van der Waals surface area (Å²) in [6, 6.07) is 8.97. The Morgan fingerprint density at radius 1 is 1.21 bits per heavy atom. The van der Waals surface area contributed by atoms with Gasteiger partial charge in [0.15, 0.2) is 0 Å². The molecule has 7 nitrogen and oxygen atoms in total. The van der Waals surface area contributed by atoms with Gasteiger partial charge in [-0.05, 0) is 55.7 Å². The van der Waals surface area contributed by atoms with Crippen LogP contribution in [-0.2, 0) is 17.6 Å². The van der Waals surface area contributed by atoms with Gasteiger partial charge < -0.3 is 4.52 Å². The summed E-state index contributed by atoms with van der Waals surface area (Å²) in [5.41, 5.74) is 6.79. The molecular weight excluding hydrogens is 412 g/mol. The Hall–Kier alpha value is -2.71. The van der Waals surface area contributed by atoms with Crippen LogP contribution in [-0.4, -0.2) is 22.0 Å². The van der Waals surface area contributed by atoms with Crippen molar-refractivity contribution in [2.24, 2.45) is 0 Å². The van der Waals surface area contributed by atoms with Crippen molar-refractivity contribution in [2.45, 2.75) is 39.5 Å². The molecule has 0 radical (unpaired) electrons. The van der Waals surface area contributed by atoms with Crippen LogP contribution >= 0.6 is 22.9 Å². The van der Waals surface area contributed by atoms with Gasteiger partial charge in [0.25, 0.3) is 5.91 Å². The van der Waals surface area contributed by atoms with E-state index in [-0.39, 0.29) is 18.2 Å². The number of nitrogens with one attached hydrogen (secondary N) is 2. The monoisotopic (exact) mass is 432 g/mol. The van der Waals surface area contributed by atoms with Crippen molar-refractivity contribution in [3.05, 3.63) is 56.6 Å². The lowest BCUT2D eigenvalue weighted by Gasteiger charge is -2.05. The van der Waals surface area contributed by atoms with Crippen LogP contribution in [0.3, 0.4) is 0 Å². The predicted octanol–water partition coefficient (Wildman–Crippen LogP) is 4.11. The Balaban J connectivity index is 1.42. The molecule has 0 fully saturated rings. The SMILES string of the molecule is CCc1sc(C(=O)NNC(=O)CCCc2nc(-c3ccc(Cl)cc3)no2)cc1C. The van der Waals surface area contributed by atoms with Gasteiger partial charge in [-0.1, -0.05) is 23.7 Å². The molecule has 9 heteroatoms. The topological polar surface area (TPSA) is 97.1 Å². The van der Waals surface area contributed by atoms with E-state index in [9.17, 15) is 9.59 Å². The molecule has 152 valence electrons. The molecule has 29 heavy (non-hydrogen) atoms. The highest BCUT2D eigenvalue weighted by Crippen LogP contribution is 2.22. The molecule has 0 saturated heterocycles. The number of aromatic nitrogens is 2. The first-order chi connectivity index (χ1) is 14.0. The number of carbonyl (C=O) groups is 2. The summed E-state index contributed by atoms with van der Waals surface area (Å²) in [4.78, 5) is 30.1. The molecule has 0 aliphatic heterocycles. The lowest BCUT2D eigenvalue weighted by Crippen LogP contribution is -2.41. The van der Waals surface area contributed by atoms with E-state index in [1.54, 1.807) is 12.1 Å². The van der Waals surface area contributed by atoms with Crippen LogP contribution in [0, 0.1) is 6.92 Å². The van der Waals surface area contributed by atoms with Gasteiger partial charge >= 0.3 is 0 Å². The zero-order valence-corrected chi connectivity index (χ0v) is 17.7. The molecule has 0 aliphatic rings. The number of hydrazine groups is 1. The van der Waals surface area contributed by atoms with Gasteiger partial charge in [-0.3, -0.25) is 20.4 Å². The second-order valence-electron chi connectivity index (χ2n) is 6.44. The Morgan fingerprint density at radius 2 is 1.97 bits per heavy atom. The second-order valence-corrected chi connectivity index (χ2v) is 8.02. The van der Waals surface area contributed by atoms with Crippen molar-refractivity contribution in [1.82, 2.24) is 21.0 Å². The zero-order chi connectivity index (χ0) is 20.8. The van der Waals surface area contributed by atoms with Gasteiger partial charge in [0, 0.05) is 28.3 Å². The van der Waals surface area contributed by atoms with Crippen LogP contribution in [0.15, 0.2) is 34.9 Å². The molecule has 2 heterocycles. The molecule has 2 amide bonds. The molecule has 2 N–H and O–H groups in total. The Kier molecular flexibility index (Phi) is 7.00. The highest BCUT2D eigenvalue weighted by Gasteiger charge is 2.13. The van der Waals surface area contributed by atoms with Crippen LogP contribution in [0.25, 0.3) is 11.4 Å². The summed E-state index contributed by atoms with van der Waals surface area (Å²) in [6.45, 7) is 4.02. The maximum absolute atomic E-state index is 12.1. The van der Waals surface area contributed by atoms with Crippen molar-refractivity contribution in [2.75, 3.05) is 0 Å². The molecule has 0 bridgehead atoms. The van der Waals surface area contributed by atoms with Gasteiger partial charge in [0.2, 0.25) is 17.6 Å². The molecule has 3 rings (SSSR count). The highest BCUT2D eigenvalue weighted by molar-refractivity contribution is 7.14. The van der Waals surface area contributed by atoms with Crippen LogP contribution in [0.5, 0.6) is 0 Å². The summed E-state index contributed by atoms with van der Waals surface area (Å²) in [5.74, 6) is 0.342. The molecular formula is C20H21ClN4O3S. The fourth-order valence-electron chi connectivity index (χ4n) is 2.71. The summed E-state index contributed by atoms with van der Waals surface area (Å²) < 4.78 is 5.22. The average molecular weight is 433 g/mol. The second kappa shape index (κ2) is 9.67. The quantitative estimate of drug-likeness (QED) is 0.547. The van der Waals surface area contributed by atoms with Gasteiger partial charge in [0.05, 0.1) is 4.88 Å². The maximum Gasteiger partial charge on any atom is 0.279 e. The number of hydrogen-bond donors (Lipinski definition) is 2.